The van der Waals surface area contributed by atoms with Gasteiger partial charge in [0.25, 0.3) is 10.0 Å². The highest BCUT2D eigenvalue weighted by atomic mass is 35.5. The minimum absolute atomic E-state index is 0.0469. The third-order valence-electron chi connectivity index (χ3n) is 2.58. The normalized spacial score (nSPS) is 11.2. The molecule has 2 rings (SSSR count). The maximum Gasteiger partial charge on any atom is 0.263 e. The topological polar surface area (TPSA) is 68.3 Å². The Morgan fingerprint density at radius 1 is 1.25 bits per heavy atom. The Balaban J connectivity index is 2.30. The van der Waals surface area contributed by atoms with Gasteiger partial charge in [-0.1, -0.05) is 17.7 Å². The number of anilines is 1. The summed E-state index contributed by atoms with van der Waals surface area (Å²) in [5.41, 5.74) is 0.945. The van der Waals surface area contributed by atoms with Crippen molar-refractivity contribution in [1.29, 1.82) is 0 Å². The molecule has 5 nitrogen and oxygen atoms in total. The van der Waals surface area contributed by atoms with Gasteiger partial charge in [-0.15, -0.1) is 0 Å². The van der Waals surface area contributed by atoms with Gasteiger partial charge in [0.05, 0.1) is 17.0 Å². The van der Waals surface area contributed by atoms with Crippen molar-refractivity contribution >= 4 is 27.4 Å². The number of sulfonamides is 1. The maximum absolute atomic E-state index is 12.2. The summed E-state index contributed by atoms with van der Waals surface area (Å²) in [6.45, 7) is 1.87. The zero-order valence-corrected chi connectivity index (χ0v) is 12.5. The third kappa shape index (κ3) is 3.20. The fourth-order valence-corrected chi connectivity index (χ4v) is 2.90. The first-order valence-corrected chi connectivity index (χ1v) is 7.57. The molecule has 1 N–H and O–H groups in total. The number of benzene rings is 1. The molecule has 0 unspecified atom stereocenters. The smallest absolute Gasteiger partial charge is 0.263 e. The van der Waals surface area contributed by atoms with Crippen LogP contribution >= 0.6 is 11.6 Å². The Morgan fingerprint density at radius 2 is 2.00 bits per heavy atom. The number of methoxy groups -OCH3 is 1. The average molecular weight is 313 g/mol. The van der Waals surface area contributed by atoms with Gasteiger partial charge in [-0.2, -0.15) is 0 Å². The highest BCUT2D eigenvalue weighted by molar-refractivity contribution is 7.92. The third-order valence-corrected chi connectivity index (χ3v) is 4.23. The van der Waals surface area contributed by atoms with Gasteiger partial charge in [0.15, 0.2) is 0 Å². The van der Waals surface area contributed by atoms with E-state index < -0.39 is 10.0 Å². The molecule has 0 atom stereocenters. The van der Waals surface area contributed by atoms with Gasteiger partial charge in [0.2, 0.25) is 0 Å². The van der Waals surface area contributed by atoms with Gasteiger partial charge in [0.1, 0.15) is 11.6 Å². The summed E-state index contributed by atoms with van der Waals surface area (Å²) in [7, 11) is -2.26. The van der Waals surface area contributed by atoms with Gasteiger partial charge in [-0.25, -0.2) is 13.4 Å². The molecule has 20 heavy (non-hydrogen) atoms. The Morgan fingerprint density at radius 3 is 2.55 bits per heavy atom. The molecule has 0 amide bonds. The second-order valence-corrected chi connectivity index (χ2v) is 6.21. The Hall–Kier alpha value is -1.79. The maximum atomic E-state index is 12.2. The van der Waals surface area contributed by atoms with Crippen molar-refractivity contribution in [2.45, 2.75) is 11.8 Å². The first kappa shape index (κ1) is 14.6. The monoisotopic (exact) mass is 312 g/mol. The van der Waals surface area contributed by atoms with Gasteiger partial charge < -0.3 is 4.74 Å². The van der Waals surface area contributed by atoms with E-state index >= 15 is 0 Å². The molecule has 0 aliphatic carbocycles. The van der Waals surface area contributed by atoms with E-state index in [0.29, 0.717) is 5.75 Å². The molecule has 0 bridgehead atoms. The van der Waals surface area contributed by atoms with Crippen LogP contribution in [0.2, 0.25) is 5.02 Å². The molecule has 1 aromatic heterocycles. The van der Waals surface area contributed by atoms with Crippen LogP contribution in [0.15, 0.2) is 41.4 Å². The van der Waals surface area contributed by atoms with Crippen LogP contribution in [0.3, 0.4) is 0 Å². The number of hydrogen-bond donors (Lipinski definition) is 1. The van der Waals surface area contributed by atoms with Crippen LogP contribution in [0.5, 0.6) is 5.75 Å². The molecule has 1 aromatic carbocycles. The fourth-order valence-electron chi connectivity index (χ4n) is 1.54. The second kappa shape index (κ2) is 5.68. The lowest BCUT2D eigenvalue weighted by Crippen LogP contribution is -2.13. The van der Waals surface area contributed by atoms with Crippen molar-refractivity contribution in [3.05, 3.63) is 47.1 Å². The van der Waals surface area contributed by atoms with Crippen LogP contribution in [0, 0.1) is 6.92 Å². The number of aromatic nitrogens is 1. The Kier molecular flexibility index (Phi) is 4.15. The molecule has 0 radical (unpaired) electrons. The van der Waals surface area contributed by atoms with Crippen molar-refractivity contribution in [1.82, 2.24) is 4.98 Å². The Labute approximate surface area is 122 Å². The van der Waals surface area contributed by atoms with Crippen molar-refractivity contribution < 1.29 is 13.2 Å². The lowest BCUT2D eigenvalue weighted by Gasteiger charge is -2.09. The summed E-state index contributed by atoms with van der Waals surface area (Å²) < 4.78 is 31.7. The number of ether oxygens (including phenoxy) is 1. The molecule has 0 aliphatic heterocycles. The molecule has 7 heteroatoms. The number of nitrogens with one attached hydrogen (secondary N) is 1. The van der Waals surface area contributed by atoms with E-state index in [9.17, 15) is 8.42 Å². The Bertz CT molecular complexity index is 715. The molecule has 2 aromatic rings. The first-order valence-electron chi connectivity index (χ1n) is 5.71. The summed E-state index contributed by atoms with van der Waals surface area (Å²) in [6, 6.07) is 7.61. The summed E-state index contributed by atoms with van der Waals surface area (Å²) in [5, 5.41) is 0.229. The SMILES string of the molecule is COc1ccc(S(=O)(=O)Nc2ccc(C)cn2)cc1Cl. The zero-order valence-electron chi connectivity index (χ0n) is 10.9. The highest BCUT2D eigenvalue weighted by Gasteiger charge is 2.16. The molecule has 1 heterocycles. The second-order valence-electron chi connectivity index (χ2n) is 4.12. The minimum atomic E-state index is -3.73. The van der Waals surface area contributed by atoms with Crippen LogP contribution < -0.4 is 9.46 Å². The molecular formula is C13H13ClN2O3S. The van der Waals surface area contributed by atoms with Gasteiger partial charge in [-0.3, -0.25) is 4.72 Å². The van der Waals surface area contributed by atoms with Crippen LogP contribution in [-0.2, 0) is 10.0 Å². The minimum Gasteiger partial charge on any atom is -0.495 e. The zero-order chi connectivity index (χ0) is 14.8. The lowest BCUT2D eigenvalue weighted by atomic mass is 10.3. The van der Waals surface area contributed by atoms with E-state index in [1.165, 1.54) is 25.3 Å². The predicted octanol–water partition coefficient (Wildman–Crippen LogP) is 2.85. The number of rotatable bonds is 4. The molecule has 106 valence electrons. The van der Waals surface area contributed by atoms with Crippen molar-refractivity contribution in [3.8, 4) is 5.75 Å². The highest BCUT2D eigenvalue weighted by Crippen LogP contribution is 2.27. The quantitative estimate of drug-likeness (QED) is 0.942. The number of nitrogens with zero attached hydrogens (tertiary/aromatic N) is 1. The average Bonchev–Trinajstić information content (AvgIpc) is 2.41. The van der Waals surface area contributed by atoms with Crippen molar-refractivity contribution in [2.75, 3.05) is 11.8 Å². The number of halogens is 1. The van der Waals surface area contributed by atoms with E-state index in [-0.39, 0.29) is 15.7 Å². The van der Waals surface area contributed by atoms with Crippen LogP contribution in [-0.4, -0.2) is 20.5 Å². The van der Waals surface area contributed by atoms with E-state index in [1.54, 1.807) is 18.3 Å². The van der Waals surface area contributed by atoms with Crippen LogP contribution in [0.25, 0.3) is 0 Å². The number of hydrogen-bond acceptors (Lipinski definition) is 4. The van der Waals surface area contributed by atoms with E-state index in [4.69, 9.17) is 16.3 Å². The van der Waals surface area contributed by atoms with E-state index in [0.717, 1.165) is 5.56 Å². The fraction of sp³-hybridized carbons (Fsp3) is 0.154. The predicted molar refractivity (Wildman–Crippen MR) is 77.8 cm³/mol. The standard InChI is InChI=1S/C13H13ClN2O3S/c1-9-3-6-13(15-8-9)16-20(17,18)10-4-5-12(19-2)11(14)7-10/h3-8H,1-2H3,(H,15,16). The van der Waals surface area contributed by atoms with Gasteiger partial charge in [-0.05, 0) is 36.8 Å². The van der Waals surface area contributed by atoms with Gasteiger partial charge in [0, 0.05) is 6.20 Å². The van der Waals surface area contributed by atoms with E-state index in [2.05, 4.69) is 9.71 Å². The summed E-state index contributed by atoms with van der Waals surface area (Å²) >= 11 is 5.93. The molecular weight excluding hydrogens is 300 g/mol. The summed E-state index contributed by atoms with van der Waals surface area (Å²) in [5.74, 6) is 0.668. The van der Waals surface area contributed by atoms with Crippen LogP contribution in [0.4, 0.5) is 5.82 Å². The molecule has 0 spiro atoms. The van der Waals surface area contributed by atoms with E-state index in [1.807, 2.05) is 6.92 Å². The van der Waals surface area contributed by atoms with Crippen molar-refractivity contribution in [2.24, 2.45) is 0 Å². The largest absolute Gasteiger partial charge is 0.495 e. The van der Waals surface area contributed by atoms with Crippen molar-refractivity contribution in [3.63, 3.8) is 0 Å². The summed E-state index contributed by atoms with van der Waals surface area (Å²) in [4.78, 5) is 4.04. The number of aryl methyl sites for hydroxylation is 1. The molecule has 0 saturated heterocycles. The lowest BCUT2D eigenvalue weighted by molar-refractivity contribution is 0.414. The molecule has 0 aliphatic rings. The molecule has 0 fully saturated rings. The van der Waals surface area contributed by atoms with Crippen LogP contribution in [0.1, 0.15) is 5.56 Å². The van der Waals surface area contributed by atoms with Gasteiger partial charge >= 0.3 is 0 Å². The number of pyridine rings is 1. The first-order chi connectivity index (χ1) is 9.42. The molecule has 0 saturated carbocycles. The summed E-state index contributed by atoms with van der Waals surface area (Å²) in [6.07, 6.45) is 1.58.